The first-order valence-electron chi connectivity index (χ1n) is 7.08. The number of rotatable bonds is 4. The summed E-state index contributed by atoms with van der Waals surface area (Å²) in [6, 6.07) is 5.53. The Morgan fingerprint density at radius 3 is 3.10 bits per heavy atom. The summed E-state index contributed by atoms with van der Waals surface area (Å²) in [4.78, 5) is 14.2. The van der Waals surface area contributed by atoms with Crippen molar-refractivity contribution >= 4 is 17.3 Å². The smallest absolute Gasteiger partial charge is 0.238 e. The van der Waals surface area contributed by atoms with Crippen molar-refractivity contribution < 1.29 is 9.53 Å². The molecule has 1 saturated heterocycles. The van der Waals surface area contributed by atoms with Crippen molar-refractivity contribution in [2.24, 2.45) is 0 Å². The Labute approximate surface area is 120 Å². The van der Waals surface area contributed by atoms with Crippen LogP contribution in [0.2, 0.25) is 0 Å². The second kappa shape index (κ2) is 6.72. The van der Waals surface area contributed by atoms with Crippen LogP contribution in [0.1, 0.15) is 18.9 Å². The lowest BCUT2D eigenvalue weighted by Crippen LogP contribution is -2.45. The number of ether oxygens (including phenoxy) is 1. The fourth-order valence-corrected chi connectivity index (χ4v) is 2.34. The number of nitrogens with two attached hydrogens (primary N) is 1. The minimum atomic E-state index is -0.00421. The molecule has 1 aliphatic rings. The molecule has 0 radical (unpaired) electrons. The van der Waals surface area contributed by atoms with Crippen molar-refractivity contribution in [3.05, 3.63) is 23.8 Å². The predicted molar refractivity (Wildman–Crippen MR) is 80.7 cm³/mol. The summed E-state index contributed by atoms with van der Waals surface area (Å²) >= 11 is 0. The molecule has 5 nitrogen and oxygen atoms in total. The molecule has 0 bridgehead atoms. The van der Waals surface area contributed by atoms with Gasteiger partial charge < -0.3 is 15.8 Å². The van der Waals surface area contributed by atoms with Crippen LogP contribution >= 0.6 is 0 Å². The van der Waals surface area contributed by atoms with Gasteiger partial charge in [0.05, 0.1) is 19.3 Å². The van der Waals surface area contributed by atoms with Gasteiger partial charge in [0.25, 0.3) is 0 Å². The van der Waals surface area contributed by atoms with Gasteiger partial charge >= 0.3 is 0 Å². The van der Waals surface area contributed by atoms with Gasteiger partial charge in [0.1, 0.15) is 0 Å². The van der Waals surface area contributed by atoms with Crippen LogP contribution in [0.25, 0.3) is 0 Å². The van der Waals surface area contributed by atoms with Gasteiger partial charge in [-0.3, -0.25) is 9.69 Å². The Morgan fingerprint density at radius 2 is 2.35 bits per heavy atom. The van der Waals surface area contributed by atoms with Gasteiger partial charge in [0, 0.05) is 24.5 Å². The van der Waals surface area contributed by atoms with Crippen LogP contribution in [-0.2, 0) is 9.53 Å². The third-order valence-electron chi connectivity index (χ3n) is 3.58. The third kappa shape index (κ3) is 3.95. The second-order valence-electron chi connectivity index (χ2n) is 5.26. The van der Waals surface area contributed by atoms with Crippen LogP contribution in [0.4, 0.5) is 11.4 Å². The molecule has 0 saturated carbocycles. The fraction of sp³-hybridized carbons (Fsp3) is 0.533. The van der Waals surface area contributed by atoms with E-state index in [1.807, 2.05) is 19.1 Å². The molecule has 1 fully saturated rings. The highest BCUT2D eigenvalue weighted by Gasteiger charge is 2.20. The quantitative estimate of drug-likeness (QED) is 0.821. The molecular weight excluding hydrogens is 254 g/mol. The minimum Gasteiger partial charge on any atom is -0.399 e. The van der Waals surface area contributed by atoms with Crippen LogP contribution in [0.15, 0.2) is 18.2 Å². The molecule has 5 heteroatoms. The predicted octanol–water partition coefficient (Wildman–Crippen LogP) is 1.63. The van der Waals surface area contributed by atoms with Crippen LogP contribution in [0.5, 0.6) is 0 Å². The first-order valence-corrected chi connectivity index (χ1v) is 7.08. The molecule has 1 heterocycles. The first-order chi connectivity index (χ1) is 9.58. The number of nitrogen functional groups attached to an aromatic ring is 1. The highest BCUT2D eigenvalue weighted by atomic mass is 16.5. The number of nitrogens with zero attached hydrogens (tertiary/aromatic N) is 1. The van der Waals surface area contributed by atoms with E-state index < -0.39 is 0 Å². The Kier molecular flexibility index (Phi) is 4.98. The molecule has 2 rings (SSSR count). The molecule has 1 aromatic carbocycles. The maximum Gasteiger partial charge on any atom is 0.238 e. The molecule has 0 aliphatic carbocycles. The van der Waals surface area contributed by atoms with E-state index in [0.717, 1.165) is 30.8 Å². The molecule has 20 heavy (non-hydrogen) atoms. The molecule has 1 aliphatic heterocycles. The SMILES string of the molecule is CCC1CN(CC(=O)Nc2cc(N)ccc2C)CCO1. The Hall–Kier alpha value is -1.59. The van der Waals surface area contributed by atoms with E-state index in [-0.39, 0.29) is 12.0 Å². The zero-order valence-corrected chi connectivity index (χ0v) is 12.2. The van der Waals surface area contributed by atoms with Gasteiger partial charge in [-0.25, -0.2) is 0 Å². The minimum absolute atomic E-state index is 0.00421. The lowest BCUT2D eigenvalue weighted by molar-refractivity contribution is -0.119. The van der Waals surface area contributed by atoms with Crippen molar-refractivity contribution in [2.75, 3.05) is 37.3 Å². The Bertz CT molecular complexity index is 476. The topological polar surface area (TPSA) is 67.6 Å². The molecule has 1 unspecified atom stereocenters. The number of anilines is 2. The summed E-state index contributed by atoms with van der Waals surface area (Å²) < 4.78 is 5.60. The van der Waals surface area contributed by atoms with E-state index >= 15 is 0 Å². The van der Waals surface area contributed by atoms with E-state index in [2.05, 4.69) is 17.1 Å². The number of nitrogens with one attached hydrogen (secondary N) is 1. The van der Waals surface area contributed by atoms with Crippen molar-refractivity contribution in [2.45, 2.75) is 26.4 Å². The summed E-state index contributed by atoms with van der Waals surface area (Å²) in [5.74, 6) is -0.00421. The molecule has 1 amide bonds. The van der Waals surface area contributed by atoms with E-state index in [4.69, 9.17) is 10.5 Å². The fourth-order valence-electron chi connectivity index (χ4n) is 2.34. The molecular formula is C15H23N3O2. The maximum atomic E-state index is 12.1. The summed E-state index contributed by atoms with van der Waals surface area (Å²) in [7, 11) is 0. The van der Waals surface area contributed by atoms with Gasteiger partial charge in [0.15, 0.2) is 0 Å². The zero-order chi connectivity index (χ0) is 14.5. The number of amides is 1. The van der Waals surface area contributed by atoms with Crippen LogP contribution in [0, 0.1) is 6.92 Å². The highest BCUT2D eigenvalue weighted by Crippen LogP contribution is 2.18. The van der Waals surface area contributed by atoms with Gasteiger partial charge in [-0.1, -0.05) is 13.0 Å². The Morgan fingerprint density at radius 1 is 1.55 bits per heavy atom. The molecule has 1 atom stereocenters. The number of morpholine rings is 1. The lowest BCUT2D eigenvalue weighted by atomic mass is 10.2. The van der Waals surface area contributed by atoms with E-state index in [9.17, 15) is 4.79 Å². The van der Waals surface area contributed by atoms with Crippen molar-refractivity contribution in [1.29, 1.82) is 0 Å². The van der Waals surface area contributed by atoms with Crippen molar-refractivity contribution in [3.8, 4) is 0 Å². The standard InChI is InChI=1S/C15H23N3O2/c1-3-13-9-18(6-7-20-13)10-15(19)17-14-8-12(16)5-4-11(14)2/h4-5,8,13H,3,6-7,9-10,16H2,1-2H3,(H,17,19). The van der Waals surface area contributed by atoms with Gasteiger partial charge in [-0.15, -0.1) is 0 Å². The number of hydrogen-bond donors (Lipinski definition) is 2. The van der Waals surface area contributed by atoms with E-state index in [1.54, 1.807) is 6.07 Å². The molecule has 1 aromatic rings. The van der Waals surface area contributed by atoms with Gasteiger partial charge in [0.2, 0.25) is 5.91 Å². The summed E-state index contributed by atoms with van der Waals surface area (Å²) in [5.41, 5.74) is 8.20. The van der Waals surface area contributed by atoms with Crippen LogP contribution in [-0.4, -0.2) is 43.2 Å². The molecule has 0 spiro atoms. The zero-order valence-electron chi connectivity index (χ0n) is 12.2. The average molecular weight is 277 g/mol. The molecule has 0 aromatic heterocycles. The van der Waals surface area contributed by atoms with E-state index in [0.29, 0.717) is 18.8 Å². The van der Waals surface area contributed by atoms with Crippen LogP contribution < -0.4 is 11.1 Å². The number of benzene rings is 1. The first kappa shape index (κ1) is 14.8. The monoisotopic (exact) mass is 277 g/mol. The number of aryl methyl sites for hydroxylation is 1. The van der Waals surface area contributed by atoms with Crippen molar-refractivity contribution in [1.82, 2.24) is 4.90 Å². The van der Waals surface area contributed by atoms with E-state index in [1.165, 1.54) is 0 Å². The largest absolute Gasteiger partial charge is 0.399 e. The maximum absolute atomic E-state index is 12.1. The normalized spacial score (nSPS) is 19.8. The Balaban J connectivity index is 1.90. The van der Waals surface area contributed by atoms with Crippen molar-refractivity contribution in [3.63, 3.8) is 0 Å². The second-order valence-corrected chi connectivity index (χ2v) is 5.26. The lowest BCUT2D eigenvalue weighted by Gasteiger charge is -2.31. The summed E-state index contributed by atoms with van der Waals surface area (Å²) in [5, 5.41) is 2.93. The number of carbonyl (C=O) groups is 1. The number of carbonyl (C=O) groups excluding carboxylic acids is 1. The third-order valence-corrected chi connectivity index (χ3v) is 3.58. The van der Waals surface area contributed by atoms with Crippen LogP contribution in [0.3, 0.4) is 0 Å². The summed E-state index contributed by atoms with van der Waals surface area (Å²) in [6.45, 7) is 6.78. The van der Waals surface area contributed by atoms with Gasteiger partial charge in [-0.2, -0.15) is 0 Å². The summed E-state index contributed by atoms with van der Waals surface area (Å²) in [6.07, 6.45) is 1.22. The number of hydrogen-bond acceptors (Lipinski definition) is 4. The molecule has 3 N–H and O–H groups in total. The highest BCUT2D eigenvalue weighted by molar-refractivity contribution is 5.93. The average Bonchev–Trinajstić information content (AvgIpc) is 2.43. The van der Waals surface area contributed by atoms with Gasteiger partial charge in [-0.05, 0) is 31.0 Å². The molecule has 110 valence electrons.